The van der Waals surface area contributed by atoms with E-state index in [1.807, 2.05) is 18.3 Å². The Balaban J connectivity index is 1.61. The molecule has 0 bridgehead atoms. The molecule has 0 atom stereocenters. The van der Waals surface area contributed by atoms with Gasteiger partial charge in [0.25, 0.3) is 0 Å². The number of thiophene rings is 1. The van der Waals surface area contributed by atoms with E-state index in [1.165, 1.54) is 16.8 Å². The number of H-pyrrole nitrogens is 1. The molecule has 0 radical (unpaired) electrons. The van der Waals surface area contributed by atoms with Crippen molar-refractivity contribution in [2.75, 3.05) is 5.32 Å². The monoisotopic (exact) mass is 297 g/mol. The Bertz CT molecular complexity index is 713. The second kappa shape index (κ2) is 6.32. The van der Waals surface area contributed by atoms with Crippen molar-refractivity contribution in [1.29, 1.82) is 0 Å². The zero-order valence-electron chi connectivity index (χ0n) is 11.6. The van der Waals surface area contributed by atoms with Crippen molar-refractivity contribution in [2.24, 2.45) is 4.99 Å². The van der Waals surface area contributed by atoms with E-state index in [1.54, 1.807) is 11.3 Å². The standard InChI is InChI=1S/C15H15N5S/c1-11-6-7-21-14(11)9-16-13-4-2-12(3-5-13)8-17-15-18-10-19-20-15/h2-7,9-10H,8H2,1H3,(H2,17,18,19,20). The molecule has 21 heavy (non-hydrogen) atoms. The number of hydrogen-bond acceptors (Lipinski definition) is 5. The molecule has 2 heterocycles. The molecular formula is C15H15N5S. The normalized spacial score (nSPS) is 11.1. The fourth-order valence-corrected chi connectivity index (χ4v) is 2.61. The number of hydrogen-bond donors (Lipinski definition) is 2. The fourth-order valence-electron chi connectivity index (χ4n) is 1.83. The van der Waals surface area contributed by atoms with Crippen LogP contribution in [0.5, 0.6) is 0 Å². The van der Waals surface area contributed by atoms with Gasteiger partial charge in [-0.1, -0.05) is 12.1 Å². The zero-order valence-corrected chi connectivity index (χ0v) is 12.4. The van der Waals surface area contributed by atoms with Gasteiger partial charge in [0.05, 0.1) is 5.69 Å². The number of nitrogens with zero attached hydrogens (tertiary/aromatic N) is 3. The summed E-state index contributed by atoms with van der Waals surface area (Å²) in [6.45, 7) is 2.79. The van der Waals surface area contributed by atoms with Crippen LogP contribution in [-0.4, -0.2) is 21.4 Å². The molecule has 0 unspecified atom stereocenters. The van der Waals surface area contributed by atoms with Crippen molar-refractivity contribution in [3.8, 4) is 0 Å². The minimum absolute atomic E-state index is 0.672. The Morgan fingerprint density at radius 2 is 2.14 bits per heavy atom. The third-order valence-electron chi connectivity index (χ3n) is 3.04. The first-order valence-corrected chi connectivity index (χ1v) is 7.45. The maximum Gasteiger partial charge on any atom is 0.218 e. The van der Waals surface area contributed by atoms with Crippen molar-refractivity contribution in [2.45, 2.75) is 13.5 Å². The largest absolute Gasteiger partial charge is 0.351 e. The molecule has 0 spiro atoms. The molecule has 6 heteroatoms. The van der Waals surface area contributed by atoms with Crippen LogP contribution in [0.15, 0.2) is 47.0 Å². The summed E-state index contributed by atoms with van der Waals surface area (Å²) in [5, 5.41) is 11.8. The molecule has 0 aliphatic heterocycles. The van der Waals surface area contributed by atoms with Crippen LogP contribution < -0.4 is 5.32 Å². The Kier molecular flexibility index (Phi) is 4.07. The molecule has 0 fully saturated rings. The van der Waals surface area contributed by atoms with E-state index in [-0.39, 0.29) is 0 Å². The summed E-state index contributed by atoms with van der Waals surface area (Å²) in [6.07, 6.45) is 3.40. The molecule has 0 aliphatic rings. The third kappa shape index (κ3) is 3.55. The number of nitrogens with one attached hydrogen (secondary N) is 2. The summed E-state index contributed by atoms with van der Waals surface area (Å²) in [5.41, 5.74) is 3.38. The highest BCUT2D eigenvalue weighted by molar-refractivity contribution is 7.11. The third-order valence-corrected chi connectivity index (χ3v) is 4.00. The van der Waals surface area contributed by atoms with Crippen molar-refractivity contribution in [1.82, 2.24) is 15.2 Å². The SMILES string of the molecule is Cc1ccsc1C=Nc1ccc(CNc2ncn[nH]2)cc1. The van der Waals surface area contributed by atoms with E-state index in [2.05, 4.69) is 56.0 Å². The van der Waals surface area contributed by atoms with Crippen LogP contribution in [0.1, 0.15) is 16.0 Å². The molecule has 5 nitrogen and oxygen atoms in total. The van der Waals surface area contributed by atoms with Crippen LogP contribution in [0.4, 0.5) is 11.6 Å². The van der Waals surface area contributed by atoms with Crippen molar-refractivity contribution in [3.05, 3.63) is 58.0 Å². The van der Waals surface area contributed by atoms with Gasteiger partial charge < -0.3 is 5.32 Å². The summed E-state index contributed by atoms with van der Waals surface area (Å²) < 4.78 is 0. The first kappa shape index (κ1) is 13.5. The molecule has 0 aliphatic carbocycles. The Hall–Kier alpha value is -2.47. The average molecular weight is 297 g/mol. The Morgan fingerprint density at radius 3 is 2.81 bits per heavy atom. The van der Waals surface area contributed by atoms with Gasteiger partial charge in [0, 0.05) is 17.6 Å². The van der Waals surface area contributed by atoms with Crippen LogP contribution in [0.25, 0.3) is 0 Å². The Morgan fingerprint density at radius 1 is 1.29 bits per heavy atom. The molecule has 2 N–H and O–H groups in total. The van der Waals surface area contributed by atoms with E-state index in [9.17, 15) is 0 Å². The van der Waals surface area contributed by atoms with Gasteiger partial charge in [-0.3, -0.25) is 4.99 Å². The molecule has 0 saturated carbocycles. The molecule has 0 saturated heterocycles. The minimum atomic E-state index is 0.672. The van der Waals surface area contributed by atoms with Gasteiger partial charge in [-0.15, -0.1) is 11.3 Å². The van der Waals surface area contributed by atoms with E-state index in [0.717, 1.165) is 11.3 Å². The van der Waals surface area contributed by atoms with Crippen LogP contribution in [0.2, 0.25) is 0 Å². The summed E-state index contributed by atoms with van der Waals surface area (Å²) in [5.74, 6) is 0.672. The predicted molar refractivity (Wildman–Crippen MR) is 86.5 cm³/mol. The molecule has 0 amide bonds. The van der Waals surface area contributed by atoms with Gasteiger partial charge in [-0.25, -0.2) is 10.1 Å². The van der Waals surface area contributed by atoms with E-state index < -0.39 is 0 Å². The topological polar surface area (TPSA) is 66.0 Å². The van der Waals surface area contributed by atoms with Gasteiger partial charge in [-0.2, -0.15) is 5.10 Å². The van der Waals surface area contributed by atoms with Gasteiger partial charge >= 0.3 is 0 Å². The summed E-state index contributed by atoms with van der Waals surface area (Å²) >= 11 is 1.70. The number of aromatic amines is 1. The van der Waals surface area contributed by atoms with Crippen molar-refractivity contribution in [3.63, 3.8) is 0 Å². The highest BCUT2D eigenvalue weighted by Crippen LogP contribution is 2.17. The highest BCUT2D eigenvalue weighted by Gasteiger charge is 1.98. The van der Waals surface area contributed by atoms with Crippen LogP contribution in [0.3, 0.4) is 0 Å². The first-order chi connectivity index (χ1) is 10.3. The zero-order chi connectivity index (χ0) is 14.5. The summed E-state index contributed by atoms with van der Waals surface area (Å²) in [4.78, 5) is 9.71. The smallest absolute Gasteiger partial charge is 0.218 e. The molecule has 3 aromatic rings. The summed E-state index contributed by atoms with van der Waals surface area (Å²) in [7, 11) is 0. The van der Waals surface area contributed by atoms with Gasteiger partial charge in [-0.05, 0) is 41.6 Å². The van der Waals surface area contributed by atoms with Crippen molar-refractivity contribution < 1.29 is 0 Å². The van der Waals surface area contributed by atoms with Crippen molar-refractivity contribution >= 4 is 29.2 Å². The quantitative estimate of drug-likeness (QED) is 0.708. The number of benzene rings is 1. The molecule has 2 aromatic heterocycles. The number of aryl methyl sites for hydroxylation is 1. The van der Waals surface area contributed by atoms with Crippen LogP contribution in [0, 0.1) is 6.92 Å². The molecule has 3 rings (SSSR count). The Labute approximate surface area is 126 Å². The minimum Gasteiger partial charge on any atom is -0.351 e. The average Bonchev–Trinajstić information content (AvgIpc) is 3.16. The second-order valence-corrected chi connectivity index (χ2v) is 5.53. The first-order valence-electron chi connectivity index (χ1n) is 6.57. The fraction of sp³-hybridized carbons (Fsp3) is 0.133. The lowest BCUT2D eigenvalue weighted by Crippen LogP contribution is -2.00. The number of anilines is 1. The summed E-state index contributed by atoms with van der Waals surface area (Å²) in [6, 6.07) is 10.2. The van der Waals surface area contributed by atoms with E-state index in [0.29, 0.717) is 12.5 Å². The van der Waals surface area contributed by atoms with Gasteiger partial charge in [0.2, 0.25) is 5.95 Å². The lowest BCUT2D eigenvalue weighted by molar-refractivity contribution is 1.04. The number of rotatable bonds is 5. The number of aliphatic imine (C=N–C) groups is 1. The molecular weight excluding hydrogens is 282 g/mol. The van der Waals surface area contributed by atoms with Crippen LogP contribution >= 0.6 is 11.3 Å². The van der Waals surface area contributed by atoms with Gasteiger partial charge in [0.1, 0.15) is 6.33 Å². The molecule has 1 aromatic carbocycles. The van der Waals surface area contributed by atoms with E-state index in [4.69, 9.17) is 0 Å². The van der Waals surface area contributed by atoms with Gasteiger partial charge in [0.15, 0.2) is 0 Å². The highest BCUT2D eigenvalue weighted by atomic mass is 32.1. The lowest BCUT2D eigenvalue weighted by atomic mass is 10.2. The maximum atomic E-state index is 4.50. The lowest BCUT2D eigenvalue weighted by Gasteiger charge is -2.03. The molecule has 106 valence electrons. The van der Waals surface area contributed by atoms with Crippen LogP contribution in [-0.2, 0) is 6.54 Å². The number of aromatic nitrogens is 3. The second-order valence-electron chi connectivity index (χ2n) is 4.58. The van der Waals surface area contributed by atoms with E-state index >= 15 is 0 Å². The predicted octanol–water partition coefficient (Wildman–Crippen LogP) is 3.54. The maximum absolute atomic E-state index is 4.50.